The van der Waals surface area contributed by atoms with E-state index in [1.54, 1.807) is 0 Å². The number of benzene rings is 1. The fourth-order valence-corrected chi connectivity index (χ4v) is 2.03. The molecule has 0 radical (unpaired) electrons. The van der Waals surface area contributed by atoms with Crippen LogP contribution < -0.4 is 15.4 Å². The van der Waals surface area contributed by atoms with Gasteiger partial charge in [-0.1, -0.05) is 18.2 Å². The third-order valence-electron chi connectivity index (χ3n) is 3.19. The Morgan fingerprint density at radius 2 is 2.29 bits per heavy atom. The summed E-state index contributed by atoms with van der Waals surface area (Å²) >= 11 is 0. The number of nitrogens with one attached hydrogen (secondary N) is 2. The molecule has 0 aliphatic carbocycles. The number of carbonyl (C=O) groups is 1. The molecule has 0 bridgehead atoms. The number of hydrogen-bond acceptors (Lipinski definition) is 4. The number of hydrogen-bond donors (Lipinski definition) is 2. The third-order valence-corrected chi connectivity index (χ3v) is 3.19. The SMILES string of the molecule is Cc1ccccc1OCCCNC(=O)C1CNCCO1.Cl. The molecule has 5 nitrogen and oxygen atoms in total. The second-order valence-electron chi connectivity index (χ2n) is 4.82. The predicted octanol–water partition coefficient (Wildman–Crippen LogP) is 1.29. The zero-order chi connectivity index (χ0) is 14.2. The van der Waals surface area contributed by atoms with Crippen LogP contribution in [-0.4, -0.2) is 44.9 Å². The summed E-state index contributed by atoms with van der Waals surface area (Å²) in [7, 11) is 0. The van der Waals surface area contributed by atoms with E-state index in [1.165, 1.54) is 0 Å². The largest absolute Gasteiger partial charge is 0.493 e. The molecule has 1 heterocycles. The van der Waals surface area contributed by atoms with E-state index in [4.69, 9.17) is 9.47 Å². The molecule has 118 valence electrons. The molecular formula is C15H23ClN2O3. The highest BCUT2D eigenvalue weighted by molar-refractivity contribution is 5.85. The van der Waals surface area contributed by atoms with Gasteiger partial charge in [-0.15, -0.1) is 12.4 Å². The van der Waals surface area contributed by atoms with Gasteiger partial charge < -0.3 is 20.1 Å². The lowest BCUT2D eigenvalue weighted by Crippen LogP contribution is -2.48. The fraction of sp³-hybridized carbons (Fsp3) is 0.533. The normalized spacial score (nSPS) is 17.7. The highest BCUT2D eigenvalue weighted by Crippen LogP contribution is 2.15. The van der Waals surface area contributed by atoms with Crippen LogP contribution in [0.4, 0.5) is 0 Å². The molecule has 21 heavy (non-hydrogen) atoms. The van der Waals surface area contributed by atoms with Crippen LogP contribution in [0.5, 0.6) is 5.75 Å². The Balaban J connectivity index is 0.00000220. The Morgan fingerprint density at radius 3 is 3.00 bits per heavy atom. The molecule has 1 aliphatic rings. The zero-order valence-electron chi connectivity index (χ0n) is 12.3. The number of rotatable bonds is 6. The smallest absolute Gasteiger partial charge is 0.250 e. The van der Waals surface area contributed by atoms with Crippen LogP contribution in [0.3, 0.4) is 0 Å². The van der Waals surface area contributed by atoms with Gasteiger partial charge in [-0.3, -0.25) is 4.79 Å². The van der Waals surface area contributed by atoms with Gasteiger partial charge in [-0.2, -0.15) is 0 Å². The van der Waals surface area contributed by atoms with Crippen LogP contribution in [0.2, 0.25) is 0 Å². The van der Waals surface area contributed by atoms with Gasteiger partial charge in [0.15, 0.2) is 0 Å². The maximum atomic E-state index is 11.8. The van der Waals surface area contributed by atoms with E-state index in [0.29, 0.717) is 26.3 Å². The summed E-state index contributed by atoms with van der Waals surface area (Å²) in [5.74, 6) is 0.853. The van der Waals surface area contributed by atoms with E-state index in [1.807, 2.05) is 31.2 Å². The molecule has 0 aromatic heterocycles. The van der Waals surface area contributed by atoms with Gasteiger partial charge in [-0.05, 0) is 25.0 Å². The minimum absolute atomic E-state index is 0. The minimum Gasteiger partial charge on any atom is -0.493 e. The van der Waals surface area contributed by atoms with Crippen molar-refractivity contribution in [2.75, 3.05) is 32.8 Å². The lowest BCUT2D eigenvalue weighted by molar-refractivity contribution is -0.134. The van der Waals surface area contributed by atoms with Crippen LogP contribution in [0, 0.1) is 6.92 Å². The van der Waals surface area contributed by atoms with Crippen molar-refractivity contribution in [1.29, 1.82) is 0 Å². The maximum Gasteiger partial charge on any atom is 0.250 e. The quantitative estimate of drug-likeness (QED) is 0.777. The molecule has 1 aromatic carbocycles. The number of carbonyl (C=O) groups excluding carboxylic acids is 1. The Labute approximate surface area is 131 Å². The van der Waals surface area contributed by atoms with Crippen molar-refractivity contribution in [3.05, 3.63) is 29.8 Å². The molecule has 2 N–H and O–H groups in total. The molecule has 0 saturated carbocycles. The minimum atomic E-state index is -0.360. The van der Waals surface area contributed by atoms with E-state index in [0.717, 1.165) is 24.3 Å². The zero-order valence-corrected chi connectivity index (χ0v) is 13.1. The predicted molar refractivity (Wildman–Crippen MR) is 84.2 cm³/mol. The van der Waals surface area contributed by atoms with E-state index in [-0.39, 0.29) is 24.4 Å². The molecule has 1 aromatic rings. The summed E-state index contributed by atoms with van der Waals surface area (Å²) in [5, 5.41) is 6.00. The highest BCUT2D eigenvalue weighted by Gasteiger charge is 2.20. The van der Waals surface area contributed by atoms with Crippen molar-refractivity contribution in [3.63, 3.8) is 0 Å². The molecule has 1 amide bonds. The fourth-order valence-electron chi connectivity index (χ4n) is 2.03. The van der Waals surface area contributed by atoms with E-state index >= 15 is 0 Å². The average molecular weight is 315 g/mol. The van der Waals surface area contributed by atoms with Crippen LogP contribution in [-0.2, 0) is 9.53 Å². The van der Waals surface area contributed by atoms with Crippen molar-refractivity contribution in [1.82, 2.24) is 10.6 Å². The molecule has 1 saturated heterocycles. The molecular weight excluding hydrogens is 292 g/mol. The highest BCUT2D eigenvalue weighted by atomic mass is 35.5. The van der Waals surface area contributed by atoms with Crippen LogP contribution in [0.1, 0.15) is 12.0 Å². The van der Waals surface area contributed by atoms with Crippen molar-refractivity contribution in [3.8, 4) is 5.75 Å². The first-order valence-corrected chi connectivity index (χ1v) is 7.06. The van der Waals surface area contributed by atoms with Crippen LogP contribution in [0.25, 0.3) is 0 Å². The van der Waals surface area contributed by atoms with Gasteiger partial charge in [0.05, 0.1) is 13.2 Å². The average Bonchev–Trinajstić information content (AvgIpc) is 2.49. The first kappa shape index (κ1) is 17.8. The number of halogens is 1. The summed E-state index contributed by atoms with van der Waals surface area (Å²) in [6.07, 6.45) is 0.418. The summed E-state index contributed by atoms with van der Waals surface area (Å²) < 4.78 is 11.0. The van der Waals surface area contributed by atoms with Crippen LogP contribution in [0.15, 0.2) is 24.3 Å². The monoisotopic (exact) mass is 314 g/mol. The van der Waals surface area contributed by atoms with Crippen molar-refractivity contribution >= 4 is 18.3 Å². The molecule has 0 spiro atoms. The molecule has 1 aliphatic heterocycles. The van der Waals surface area contributed by atoms with Gasteiger partial charge >= 0.3 is 0 Å². The summed E-state index contributed by atoms with van der Waals surface area (Å²) in [4.78, 5) is 11.8. The Morgan fingerprint density at radius 1 is 1.48 bits per heavy atom. The summed E-state index contributed by atoms with van der Waals surface area (Å²) in [6.45, 7) is 5.21. The molecule has 1 atom stereocenters. The number of aryl methyl sites for hydroxylation is 1. The lowest BCUT2D eigenvalue weighted by atomic mass is 10.2. The Bertz CT molecular complexity index is 437. The summed E-state index contributed by atoms with van der Waals surface area (Å²) in [5.41, 5.74) is 1.12. The maximum absolute atomic E-state index is 11.8. The van der Waals surface area contributed by atoms with Crippen molar-refractivity contribution in [2.24, 2.45) is 0 Å². The van der Waals surface area contributed by atoms with E-state index < -0.39 is 0 Å². The lowest BCUT2D eigenvalue weighted by Gasteiger charge is -2.22. The number of para-hydroxylation sites is 1. The Hall–Kier alpha value is -1.30. The second-order valence-corrected chi connectivity index (χ2v) is 4.82. The van der Waals surface area contributed by atoms with E-state index in [2.05, 4.69) is 10.6 Å². The number of amides is 1. The van der Waals surface area contributed by atoms with Gasteiger partial charge in [-0.25, -0.2) is 0 Å². The van der Waals surface area contributed by atoms with Gasteiger partial charge in [0.2, 0.25) is 5.91 Å². The standard InChI is InChI=1S/C15H22N2O3.ClH/c1-12-5-2-3-6-13(12)19-9-4-7-17-15(18)14-11-16-8-10-20-14;/h2-3,5-6,14,16H,4,7-11H2,1H3,(H,17,18);1H. The van der Waals surface area contributed by atoms with Crippen molar-refractivity contribution in [2.45, 2.75) is 19.4 Å². The molecule has 6 heteroatoms. The first-order chi connectivity index (χ1) is 9.77. The van der Waals surface area contributed by atoms with E-state index in [9.17, 15) is 4.79 Å². The third kappa shape index (κ3) is 5.91. The number of morpholine rings is 1. The topological polar surface area (TPSA) is 59.6 Å². The van der Waals surface area contributed by atoms with Gasteiger partial charge in [0, 0.05) is 19.6 Å². The molecule has 1 fully saturated rings. The van der Waals surface area contributed by atoms with Crippen LogP contribution >= 0.6 is 12.4 Å². The second kappa shape index (κ2) is 9.60. The molecule has 1 unspecified atom stereocenters. The first-order valence-electron chi connectivity index (χ1n) is 7.06. The van der Waals surface area contributed by atoms with Gasteiger partial charge in [0.25, 0.3) is 0 Å². The molecule has 2 rings (SSSR count). The summed E-state index contributed by atoms with van der Waals surface area (Å²) in [6, 6.07) is 7.91. The Kier molecular flexibility index (Phi) is 8.12. The van der Waals surface area contributed by atoms with Crippen molar-refractivity contribution < 1.29 is 14.3 Å². The number of ether oxygens (including phenoxy) is 2. The van der Waals surface area contributed by atoms with Gasteiger partial charge in [0.1, 0.15) is 11.9 Å².